The molecule has 1 aromatic rings. The van der Waals surface area contributed by atoms with Gasteiger partial charge in [0.1, 0.15) is 0 Å². The van der Waals surface area contributed by atoms with E-state index in [0.717, 1.165) is 19.6 Å². The van der Waals surface area contributed by atoms with E-state index in [1.165, 1.54) is 42.4 Å². The van der Waals surface area contributed by atoms with Gasteiger partial charge in [-0.3, -0.25) is 0 Å². The van der Waals surface area contributed by atoms with Crippen LogP contribution in [0.25, 0.3) is 0 Å². The van der Waals surface area contributed by atoms with E-state index in [4.69, 9.17) is 16.3 Å². The zero-order valence-electron chi connectivity index (χ0n) is 10.1. The normalized spacial score (nSPS) is 25.6. The van der Waals surface area contributed by atoms with Gasteiger partial charge in [0.15, 0.2) is 0 Å². The van der Waals surface area contributed by atoms with E-state index in [9.17, 15) is 0 Å². The van der Waals surface area contributed by atoms with Crippen LogP contribution >= 0.6 is 11.6 Å². The molecule has 3 rings (SSSR count). The maximum absolute atomic E-state index is 6.61. The minimum atomic E-state index is 0.126. The average Bonchev–Trinajstić information content (AvgIpc) is 2.86. The van der Waals surface area contributed by atoms with Crippen molar-refractivity contribution in [3.8, 4) is 0 Å². The summed E-state index contributed by atoms with van der Waals surface area (Å²) in [6.45, 7) is 1.73. The summed E-state index contributed by atoms with van der Waals surface area (Å²) in [5.41, 5.74) is 4.34. The van der Waals surface area contributed by atoms with Crippen molar-refractivity contribution in [2.75, 3.05) is 13.2 Å². The SMILES string of the molecule is ClC(c1ccc2c(c1)CCC2)C1CCCOC1. The van der Waals surface area contributed by atoms with Crippen molar-refractivity contribution < 1.29 is 4.74 Å². The highest BCUT2D eigenvalue weighted by molar-refractivity contribution is 6.21. The molecule has 2 aliphatic rings. The highest BCUT2D eigenvalue weighted by atomic mass is 35.5. The van der Waals surface area contributed by atoms with Crippen molar-refractivity contribution in [1.82, 2.24) is 0 Å². The van der Waals surface area contributed by atoms with Crippen LogP contribution in [0.2, 0.25) is 0 Å². The summed E-state index contributed by atoms with van der Waals surface area (Å²) in [4.78, 5) is 0. The molecule has 1 nitrogen and oxygen atoms in total. The molecule has 2 heteroatoms. The topological polar surface area (TPSA) is 9.23 Å². The second kappa shape index (κ2) is 4.99. The third-order valence-electron chi connectivity index (χ3n) is 4.05. The van der Waals surface area contributed by atoms with Crippen LogP contribution in [0.4, 0.5) is 0 Å². The van der Waals surface area contributed by atoms with Gasteiger partial charge in [-0.25, -0.2) is 0 Å². The van der Waals surface area contributed by atoms with Crippen LogP contribution in [-0.2, 0) is 17.6 Å². The molecule has 92 valence electrons. The quantitative estimate of drug-likeness (QED) is 0.724. The van der Waals surface area contributed by atoms with E-state index in [0.29, 0.717) is 5.92 Å². The lowest BCUT2D eigenvalue weighted by Gasteiger charge is -2.26. The molecule has 0 N–H and O–H groups in total. The first kappa shape index (κ1) is 11.6. The van der Waals surface area contributed by atoms with Crippen LogP contribution in [0.3, 0.4) is 0 Å². The van der Waals surface area contributed by atoms with Gasteiger partial charge in [-0.05, 0) is 48.8 Å². The Hall–Kier alpha value is -0.530. The first-order valence-electron chi connectivity index (χ1n) is 6.68. The number of ether oxygens (including phenoxy) is 1. The lowest BCUT2D eigenvalue weighted by atomic mass is 9.92. The first-order chi connectivity index (χ1) is 8.34. The number of halogens is 1. The zero-order chi connectivity index (χ0) is 11.7. The molecule has 2 unspecified atom stereocenters. The van der Waals surface area contributed by atoms with Gasteiger partial charge in [0.25, 0.3) is 0 Å². The smallest absolute Gasteiger partial charge is 0.0635 e. The van der Waals surface area contributed by atoms with E-state index >= 15 is 0 Å². The molecule has 1 aromatic carbocycles. The summed E-state index contributed by atoms with van der Waals surface area (Å²) in [6, 6.07) is 6.82. The van der Waals surface area contributed by atoms with E-state index in [2.05, 4.69) is 18.2 Å². The summed E-state index contributed by atoms with van der Waals surface area (Å²) < 4.78 is 5.53. The summed E-state index contributed by atoms with van der Waals surface area (Å²) in [6.07, 6.45) is 6.13. The molecule has 1 saturated heterocycles. The number of alkyl halides is 1. The Morgan fingerprint density at radius 1 is 1.18 bits per heavy atom. The highest BCUT2D eigenvalue weighted by Crippen LogP contribution is 2.36. The van der Waals surface area contributed by atoms with E-state index in [-0.39, 0.29) is 5.38 Å². The highest BCUT2D eigenvalue weighted by Gasteiger charge is 2.24. The largest absolute Gasteiger partial charge is 0.381 e. The Bertz CT molecular complexity index is 396. The van der Waals surface area contributed by atoms with Crippen LogP contribution in [0, 0.1) is 5.92 Å². The predicted molar refractivity (Wildman–Crippen MR) is 70.6 cm³/mol. The van der Waals surface area contributed by atoms with Crippen LogP contribution in [0.15, 0.2) is 18.2 Å². The Morgan fingerprint density at radius 2 is 2.06 bits per heavy atom. The predicted octanol–water partition coefficient (Wildman–Crippen LogP) is 3.88. The Kier molecular flexibility index (Phi) is 3.39. The molecule has 1 heterocycles. The molecule has 1 aliphatic heterocycles. The van der Waals surface area contributed by atoms with Crippen LogP contribution in [0.1, 0.15) is 41.3 Å². The maximum atomic E-state index is 6.61. The van der Waals surface area contributed by atoms with Gasteiger partial charge in [0, 0.05) is 12.5 Å². The molecule has 1 fully saturated rings. The zero-order valence-corrected chi connectivity index (χ0v) is 10.9. The molecule has 0 saturated carbocycles. The molecule has 1 aliphatic carbocycles. The van der Waals surface area contributed by atoms with Crippen molar-refractivity contribution in [2.45, 2.75) is 37.5 Å². The average molecular weight is 251 g/mol. The molecule has 0 amide bonds. The third kappa shape index (κ3) is 2.36. The van der Waals surface area contributed by atoms with Crippen LogP contribution in [-0.4, -0.2) is 13.2 Å². The number of hydrogen-bond acceptors (Lipinski definition) is 1. The monoisotopic (exact) mass is 250 g/mol. The van der Waals surface area contributed by atoms with Crippen molar-refractivity contribution >= 4 is 11.6 Å². The number of hydrogen-bond donors (Lipinski definition) is 0. The molecule has 0 aromatic heterocycles. The summed E-state index contributed by atoms with van der Waals surface area (Å²) >= 11 is 6.61. The van der Waals surface area contributed by atoms with E-state index < -0.39 is 0 Å². The Labute approximate surface area is 108 Å². The Morgan fingerprint density at radius 3 is 2.88 bits per heavy atom. The summed E-state index contributed by atoms with van der Waals surface area (Å²) in [5.74, 6) is 0.491. The maximum Gasteiger partial charge on any atom is 0.0635 e. The number of fused-ring (bicyclic) bond motifs is 1. The second-order valence-electron chi connectivity index (χ2n) is 5.26. The fraction of sp³-hybridized carbons (Fsp3) is 0.600. The third-order valence-corrected chi connectivity index (χ3v) is 4.66. The van der Waals surface area contributed by atoms with Gasteiger partial charge in [-0.2, -0.15) is 0 Å². The number of aryl methyl sites for hydroxylation is 2. The fourth-order valence-corrected chi connectivity index (χ4v) is 3.37. The minimum absolute atomic E-state index is 0.126. The van der Waals surface area contributed by atoms with Crippen molar-refractivity contribution in [3.05, 3.63) is 34.9 Å². The lowest BCUT2D eigenvalue weighted by Crippen LogP contribution is -2.21. The van der Waals surface area contributed by atoms with Crippen molar-refractivity contribution in [2.24, 2.45) is 5.92 Å². The van der Waals surface area contributed by atoms with Crippen LogP contribution in [0.5, 0.6) is 0 Å². The van der Waals surface area contributed by atoms with Crippen molar-refractivity contribution in [3.63, 3.8) is 0 Å². The molecule has 0 radical (unpaired) electrons. The first-order valence-corrected chi connectivity index (χ1v) is 7.12. The number of benzene rings is 1. The standard InChI is InChI=1S/C15H19ClO/c16-15(14-5-2-8-17-10-14)13-7-6-11-3-1-4-12(11)9-13/h6-7,9,14-15H,1-5,8,10H2. The lowest BCUT2D eigenvalue weighted by molar-refractivity contribution is 0.0531. The molecule has 17 heavy (non-hydrogen) atoms. The van der Waals surface area contributed by atoms with Gasteiger partial charge in [0.2, 0.25) is 0 Å². The van der Waals surface area contributed by atoms with Gasteiger partial charge in [-0.15, -0.1) is 11.6 Å². The van der Waals surface area contributed by atoms with Gasteiger partial charge in [0.05, 0.1) is 12.0 Å². The molecular weight excluding hydrogens is 232 g/mol. The molecule has 2 atom stereocenters. The van der Waals surface area contributed by atoms with Gasteiger partial charge >= 0.3 is 0 Å². The number of rotatable bonds is 2. The molecular formula is C15H19ClO. The Balaban J connectivity index is 1.78. The van der Waals surface area contributed by atoms with E-state index in [1.54, 1.807) is 0 Å². The molecule has 0 spiro atoms. The minimum Gasteiger partial charge on any atom is -0.381 e. The van der Waals surface area contributed by atoms with Gasteiger partial charge < -0.3 is 4.74 Å². The van der Waals surface area contributed by atoms with Gasteiger partial charge in [-0.1, -0.05) is 18.2 Å². The second-order valence-corrected chi connectivity index (χ2v) is 5.73. The van der Waals surface area contributed by atoms with Crippen LogP contribution < -0.4 is 0 Å². The van der Waals surface area contributed by atoms with Crippen molar-refractivity contribution in [1.29, 1.82) is 0 Å². The molecule has 0 bridgehead atoms. The van der Waals surface area contributed by atoms with E-state index in [1.807, 2.05) is 0 Å². The summed E-state index contributed by atoms with van der Waals surface area (Å²) in [5, 5.41) is 0.126. The summed E-state index contributed by atoms with van der Waals surface area (Å²) in [7, 11) is 0. The fourth-order valence-electron chi connectivity index (χ4n) is 3.03.